The number of rotatable bonds is 7. The van der Waals surface area contributed by atoms with E-state index in [1.165, 1.54) is 17.6 Å². The summed E-state index contributed by atoms with van der Waals surface area (Å²) in [5.74, 6) is -0.755. The second-order valence-electron chi connectivity index (χ2n) is 5.39. The third-order valence-corrected chi connectivity index (χ3v) is 3.82. The number of nitrogens with one attached hydrogen (secondary N) is 1. The highest BCUT2D eigenvalue weighted by Gasteiger charge is 2.21. The van der Waals surface area contributed by atoms with Crippen molar-refractivity contribution in [3.63, 3.8) is 0 Å². The van der Waals surface area contributed by atoms with Gasteiger partial charge in [-0.15, -0.1) is 11.3 Å². The SMILES string of the molecule is CC(C)C[C@@H](NC(=O)Cc1coc(-c2cccs2)n1)C(=O)O. The van der Waals surface area contributed by atoms with Crippen molar-refractivity contribution in [2.45, 2.75) is 32.7 Å². The van der Waals surface area contributed by atoms with Crippen molar-refractivity contribution in [3.05, 3.63) is 29.5 Å². The molecular weight excluding hydrogens is 304 g/mol. The highest BCUT2D eigenvalue weighted by atomic mass is 32.1. The van der Waals surface area contributed by atoms with E-state index in [9.17, 15) is 9.59 Å². The average molecular weight is 322 g/mol. The molecule has 0 unspecified atom stereocenters. The van der Waals surface area contributed by atoms with Crippen molar-refractivity contribution in [2.75, 3.05) is 0 Å². The molecule has 1 atom stereocenters. The number of amides is 1. The number of hydrogen-bond donors (Lipinski definition) is 2. The van der Waals surface area contributed by atoms with Crippen molar-refractivity contribution in [3.8, 4) is 10.8 Å². The van der Waals surface area contributed by atoms with E-state index in [2.05, 4.69) is 10.3 Å². The Balaban J connectivity index is 1.95. The van der Waals surface area contributed by atoms with Crippen LogP contribution < -0.4 is 5.32 Å². The van der Waals surface area contributed by atoms with E-state index in [1.54, 1.807) is 0 Å². The summed E-state index contributed by atoms with van der Waals surface area (Å²) < 4.78 is 5.33. The van der Waals surface area contributed by atoms with Gasteiger partial charge in [-0.2, -0.15) is 0 Å². The van der Waals surface area contributed by atoms with E-state index < -0.39 is 12.0 Å². The normalized spacial score (nSPS) is 12.3. The summed E-state index contributed by atoms with van der Waals surface area (Å²) in [5, 5.41) is 13.6. The minimum atomic E-state index is -1.03. The van der Waals surface area contributed by atoms with Gasteiger partial charge in [-0.25, -0.2) is 9.78 Å². The van der Waals surface area contributed by atoms with Crippen molar-refractivity contribution in [2.24, 2.45) is 5.92 Å². The van der Waals surface area contributed by atoms with Crippen molar-refractivity contribution < 1.29 is 19.1 Å². The zero-order valence-corrected chi connectivity index (χ0v) is 13.2. The van der Waals surface area contributed by atoms with E-state index in [-0.39, 0.29) is 18.2 Å². The van der Waals surface area contributed by atoms with E-state index in [1.807, 2.05) is 31.4 Å². The lowest BCUT2D eigenvalue weighted by atomic mass is 10.0. The Bertz CT molecular complexity index is 634. The Hall–Kier alpha value is -2.15. The second kappa shape index (κ2) is 7.22. The maximum Gasteiger partial charge on any atom is 0.326 e. The molecule has 6 nitrogen and oxygen atoms in total. The number of hydrogen-bond acceptors (Lipinski definition) is 5. The highest BCUT2D eigenvalue weighted by molar-refractivity contribution is 7.13. The number of aliphatic carboxylic acids is 1. The van der Waals surface area contributed by atoms with Crippen LogP contribution >= 0.6 is 11.3 Å². The van der Waals surface area contributed by atoms with E-state index >= 15 is 0 Å². The summed E-state index contributed by atoms with van der Waals surface area (Å²) in [5.41, 5.74) is 0.481. The molecule has 2 aromatic rings. The minimum Gasteiger partial charge on any atom is -0.480 e. The zero-order valence-electron chi connectivity index (χ0n) is 12.4. The first kappa shape index (κ1) is 16.2. The molecule has 0 saturated heterocycles. The molecule has 0 radical (unpaired) electrons. The number of carbonyl (C=O) groups excluding carboxylic acids is 1. The van der Waals surface area contributed by atoms with Gasteiger partial charge in [0.1, 0.15) is 12.3 Å². The van der Waals surface area contributed by atoms with E-state index in [0.29, 0.717) is 18.0 Å². The molecule has 2 N–H and O–H groups in total. The van der Waals surface area contributed by atoms with Gasteiger partial charge < -0.3 is 14.8 Å². The molecule has 0 fully saturated rings. The first-order valence-corrected chi connectivity index (χ1v) is 7.84. The largest absolute Gasteiger partial charge is 0.480 e. The third-order valence-electron chi connectivity index (χ3n) is 2.97. The molecule has 1 amide bonds. The second-order valence-corrected chi connectivity index (χ2v) is 6.33. The number of carboxylic acids is 1. The maximum atomic E-state index is 12.0. The molecule has 118 valence electrons. The zero-order chi connectivity index (χ0) is 16.1. The predicted octanol–water partition coefficient (Wildman–Crippen LogP) is 2.56. The van der Waals surface area contributed by atoms with Crippen LogP contribution in [0.15, 0.2) is 28.2 Å². The van der Waals surface area contributed by atoms with Crippen LogP contribution in [0.2, 0.25) is 0 Å². The molecule has 0 bridgehead atoms. The highest BCUT2D eigenvalue weighted by Crippen LogP contribution is 2.23. The Labute approximate surface area is 132 Å². The number of aromatic nitrogens is 1. The molecule has 0 aliphatic rings. The van der Waals surface area contributed by atoms with Crippen LogP contribution in [0.1, 0.15) is 26.0 Å². The number of thiophene rings is 1. The molecule has 2 aromatic heterocycles. The van der Waals surface area contributed by atoms with Crippen LogP contribution in [0, 0.1) is 5.92 Å². The number of carbonyl (C=O) groups is 2. The third kappa shape index (κ3) is 4.42. The lowest BCUT2D eigenvalue weighted by molar-refractivity contribution is -0.142. The smallest absolute Gasteiger partial charge is 0.326 e. The van der Waals surface area contributed by atoms with Crippen LogP contribution in [-0.2, 0) is 16.0 Å². The lowest BCUT2D eigenvalue weighted by Crippen LogP contribution is -2.42. The van der Waals surface area contributed by atoms with E-state index in [0.717, 1.165) is 4.88 Å². The van der Waals surface area contributed by atoms with Gasteiger partial charge in [-0.3, -0.25) is 4.79 Å². The fourth-order valence-corrected chi connectivity index (χ4v) is 2.66. The van der Waals surface area contributed by atoms with E-state index in [4.69, 9.17) is 9.52 Å². The van der Waals surface area contributed by atoms with Crippen LogP contribution in [0.5, 0.6) is 0 Å². The topological polar surface area (TPSA) is 92.4 Å². The first-order chi connectivity index (χ1) is 10.5. The number of nitrogens with zero attached hydrogens (tertiary/aromatic N) is 1. The van der Waals surface area contributed by atoms with Gasteiger partial charge in [-0.05, 0) is 23.8 Å². The fourth-order valence-electron chi connectivity index (χ4n) is 2.00. The van der Waals surface area contributed by atoms with Gasteiger partial charge in [0.25, 0.3) is 0 Å². The minimum absolute atomic E-state index is 0.00322. The Morgan fingerprint density at radius 2 is 2.23 bits per heavy atom. The molecule has 7 heteroatoms. The Morgan fingerprint density at radius 3 is 2.82 bits per heavy atom. The standard InChI is InChI=1S/C15H18N2O4S/c1-9(2)6-11(15(19)20)17-13(18)7-10-8-21-14(16-10)12-4-3-5-22-12/h3-5,8-9,11H,6-7H2,1-2H3,(H,17,18)(H,19,20)/t11-/m1/s1. The molecule has 0 aliphatic carbocycles. The quantitative estimate of drug-likeness (QED) is 0.817. The summed E-state index contributed by atoms with van der Waals surface area (Å²) in [6, 6.07) is 2.89. The molecule has 2 rings (SSSR count). The van der Waals surface area contributed by atoms with Gasteiger partial charge in [0.2, 0.25) is 11.8 Å². The fraction of sp³-hybridized carbons (Fsp3) is 0.400. The number of oxazole rings is 1. The summed E-state index contributed by atoms with van der Waals surface area (Å²) >= 11 is 1.50. The molecule has 0 aliphatic heterocycles. The molecule has 2 heterocycles. The predicted molar refractivity (Wildman–Crippen MR) is 82.5 cm³/mol. The van der Waals surface area contributed by atoms with Crippen LogP contribution in [-0.4, -0.2) is 28.0 Å². The molecule has 0 aromatic carbocycles. The van der Waals surface area contributed by atoms with Crippen LogP contribution in [0.4, 0.5) is 0 Å². The molecule has 0 spiro atoms. The maximum absolute atomic E-state index is 12.0. The van der Waals surface area contributed by atoms with Gasteiger partial charge in [0, 0.05) is 0 Å². The summed E-state index contributed by atoms with van der Waals surface area (Å²) in [4.78, 5) is 28.2. The molecule has 0 saturated carbocycles. The molecule has 22 heavy (non-hydrogen) atoms. The van der Waals surface area contributed by atoms with Crippen molar-refractivity contribution in [1.82, 2.24) is 10.3 Å². The van der Waals surface area contributed by atoms with Crippen molar-refractivity contribution in [1.29, 1.82) is 0 Å². The van der Waals surface area contributed by atoms with Gasteiger partial charge in [0.05, 0.1) is 17.0 Å². The summed E-state index contributed by atoms with van der Waals surface area (Å²) in [6.45, 7) is 3.82. The Kier molecular flexibility index (Phi) is 5.32. The van der Waals surface area contributed by atoms with Crippen molar-refractivity contribution >= 4 is 23.2 Å². The van der Waals surface area contributed by atoms with Gasteiger partial charge in [-0.1, -0.05) is 19.9 Å². The first-order valence-electron chi connectivity index (χ1n) is 6.96. The molecular formula is C15H18N2O4S. The van der Waals surface area contributed by atoms with Gasteiger partial charge in [0.15, 0.2) is 0 Å². The van der Waals surface area contributed by atoms with Crippen LogP contribution in [0.3, 0.4) is 0 Å². The summed E-state index contributed by atoms with van der Waals surface area (Å²) in [6.07, 6.45) is 1.81. The summed E-state index contributed by atoms with van der Waals surface area (Å²) in [7, 11) is 0. The average Bonchev–Trinajstić information content (AvgIpc) is 3.07. The lowest BCUT2D eigenvalue weighted by Gasteiger charge is -2.15. The van der Waals surface area contributed by atoms with Crippen LogP contribution in [0.25, 0.3) is 10.8 Å². The number of carboxylic acid groups (broad SMARTS) is 1. The van der Waals surface area contributed by atoms with Gasteiger partial charge >= 0.3 is 5.97 Å². The Morgan fingerprint density at radius 1 is 1.45 bits per heavy atom. The monoisotopic (exact) mass is 322 g/mol.